The van der Waals surface area contributed by atoms with Gasteiger partial charge in [0.1, 0.15) is 15.6 Å². The lowest BCUT2D eigenvalue weighted by molar-refractivity contribution is 0.0532. The van der Waals surface area contributed by atoms with Gasteiger partial charge in [-0.15, -0.1) is 11.3 Å². The maximum absolute atomic E-state index is 11.7. The summed E-state index contributed by atoms with van der Waals surface area (Å²) in [5, 5.41) is 0.753. The fourth-order valence-electron chi connectivity index (χ4n) is 2.34. The van der Waals surface area contributed by atoms with Gasteiger partial charge < -0.3 is 15.2 Å². The Bertz CT molecular complexity index is 656. The van der Waals surface area contributed by atoms with E-state index in [2.05, 4.69) is 4.98 Å². The monoisotopic (exact) mass is 304 g/mol. The minimum Gasteiger partial charge on any atom is -0.483 e. The molecule has 1 aliphatic rings. The zero-order valence-corrected chi connectivity index (χ0v) is 12.4. The van der Waals surface area contributed by atoms with Crippen molar-refractivity contribution in [3.05, 3.63) is 45.9 Å². The molecule has 5 nitrogen and oxygen atoms in total. The molecule has 0 saturated carbocycles. The number of hydrogen-bond donors (Lipinski definition) is 1. The summed E-state index contributed by atoms with van der Waals surface area (Å²) in [6.45, 7) is 2.13. The van der Waals surface area contributed by atoms with Crippen molar-refractivity contribution in [3.63, 3.8) is 0 Å². The van der Waals surface area contributed by atoms with Crippen molar-refractivity contribution in [2.45, 2.75) is 25.5 Å². The van der Waals surface area contributed by atoms with Gasteiger partial charge in [-0.25, -0.2) is 9.78 Å². The number of esters is 1. The van der Waals surface area contributed by atoms with Crippen molar-refractivity contribution in [3.8, 4) is 5.75 Å². The molecule has 0 unspecified atom stereocenters. The predicted octanol–water partition coefficient (Wildman–Crippen LogP) is 2.84. The van der Waals surface area contributed by atoms with Crippen LogP contribution in [0.2, 0.25) is 0 Å². The van der Waals surface area contributed by atoms with Gasteiger partial charge in [0.15, 0.2) is 6.10 Å². The second-order valence-electron chi connectivity index (χ2n) is 4.77. The minimum absolute atomic E-state index is 0.0881. The number of para-hydroxylation sites is 1. The van der Waals surface area contributed by atoms with Crippen LogP contribution in [0.4, 0.5) is 0 Å². The summed E-state index contributed by atoms with van der Waals surface area (Å²) in [5.74, 6) is 0.441. The Balaban J connectivity index is 1.81. The average molecular weight is 304 g/mol. The van der Waals surface area contributed by atoms with Crippen LogP contribution in [0.5, 0.6) is 5.75 Å². The standard InChI is InChI=1S/C15H16N2O3S/c1-2-19-15(18)13-8-17-14(21-13)12-7-10(16)9-5-3-4-6-11(9)20-12/h3-6,8,10,12H,2,7,16H2,1H3/t10-,12-/m1/s1. The lowest BCUT2D eigenvalue weighted by Crippen LogP contribution is -2.23. The highest BCUT2D eigenvalue weighted by Crippen LogP contribution is 2.40. The molecule has 0 fully saturated rings. The first-order chi connectivity index (χ1) is 10.2. The third-order valence-corrected chi connectivity index (χ3v) is 4.40. The summed E-state index contributed by atoms with van der Waals surface area (Å²) in [6, 6.07) is 7.66. The smallest absolute Gasteiger partial charge is 0.349 e. The molecule has 0 spiro atoms. The molecular weight excluding hydrogens is 288 g/mol. The van der Waals surface area contributed by atoms with Crippen LogP contribution in [0.15, 0.2) is 30.5 Å². The SMILES string of the molecule is CCOC(=O)c1cnc([C@H]2C[C@@H](N)c3ccccc3O2)s1. The number of rotatable bonds is 3. The fraction of sp³-hybridized carbons (Fsp3) is 0.333. The molecule has 2 heterocycles. The Morgan fingerprint density at radius 3 is 3.14 bits per heavy atom. The Morgan fingerprint density at radius 2 is 2.33 bits per heavy atom. The Morgan fingerprint density at radius 1 is 1.52 bits per heavy atom. The van der Waals surface area contributed by atoms with Crippen LogP contribution < -0.4 is 10.5 Å². The molecule has 2 N–H and O–H groups in total. The van der Waals surface area contributed by atoms with Gasteiger partial charge in [0.05, 0.1) is 12.8 Å². The van der Waals surface area contributed by atoms with E-state index < -0.39 is 0 Å². The van der Waals surface area contributed by atoms with Gasteiger partial charge in [-0.05, 0) is 13.0 Å². The Kier molecular flexibility index (Phi) is 3.90. The fourth-order valence-corrected chi connectivity index (χ4v) is 3.19. The number of hydrogen-bond acceptors (Lipinski definition) is 6. The highest BCUT2D eigenvalue weighted by molar-refractivity contribution is 7.13. The molecule has 0 amide bonds. The van der Waals surface area contributed by atoms with E-state index in [0.29, 0.717) is 17.9 Å². The molecule has 1 aliphatic heterocycles. The molecule has 0 aliphatic carbocycles. The molecule has 2 aromatic rings. The largest absolute Gasteiger partial charge is 0.483 e. The van der Waals surface area contributed by atoms with Gasteiger partial charge in [0, 0.05) is 18.0 Å². The van der Waals surface area contributed by atoms with Crippen LogP contribution in [-0.4, -0.2) is 17.6 Å². The van der Waals surface area contributed by atoms with Crippen molar-refractivity contribution in [1.29, 1.82) is 0 Å². The molecule has 0 saturated heterocycles. The number of fused-ring (bicyclic) bond motifs is 1. The number of nitrogens with two attached hydrogens (primary N) is 1. The third-order valence-electron chi connectivity index (χ3n) is 3.33. The Hall–Kier alpha value is -1.92. The highest BCUT2D eigenvalue weighted by Gasteiger charge is 2.29. The number of thiazole rings is 1. The predicted molar refractivity (Wildman–Crippen MR) is 79.4 cm³/mol. The van der Waals surface area contributed by atoms with Crippen molar-refractivity contribution in [2.75, 3.05) is 6.61 Å². The van der Waals surface area contributed by atoms with Crippen LogP contribution in [0.1, 0.15) is 45.7 Å². The molecule has 3 rings (SSSR count). The van der Waals surface area contributed by atoms with E-state index in [1.54, 1.807) is 6.92 Å². The number of benzene rings is 1. The minimum atomic E-state index is -0.346. The van der Waals surface area contributed by atoms with E-state index in [1.165, 1.54) is 17.5 Å². The van der Waals surface area contributed by atoms with Crippen LogP contribution >= 0.6 is 11.3 Å². The van der Waals surface area contributed by atoms with Gasteiger partial charge >= 0.3 is 5.97 Å². The first-order valence-corrected chi connectivity index (χ1v) is 7.64. The third kappa shape index (κ3) is 2.77. The van der Waals surface area contributed by atoms with E-state index in [1.807, 2.05) is 24.3 Å². The number of ether oxygens (including phenoxy) is 2. The van der Waals surface area contributed by atoms with Crippen molar-refractivity contribution in [1.82, 2.24) is 4.98 Å². The first-order valence-electron chi connectivity index (χ1n) is 6.83. The molecule has 1 aromatic heterocycles. The lowest BCUT2D eigenvalue weighted by Gasteiger charge is -2.28. The Labute approximate surface area is 126 Å². The van der Waals surface area contributed by atoms with Gasteiger partial charge in [-0.1, -0.05) is 18.2 Å². The van der Waals surface area contributed by atoms with E-state index in [4.69, 9.17) is 15.2 Å². The van der Waals surface area contributed by atoms with Gasteiger partial charge in [-0.3, -0.25) is 0 Å². The highest BCUT2D eigenvalue weighted by atomic mass is 32.1. The molecule has 6 heteroatoms. The first kappa shape index (κ1) is 14.0. The summed E-state index contributed by atoms with van der Waals surface area (Å²) < 4.78 is 10.9. The quantitative estimate of drug-likeness (QED) is 0.883. The van der Waals surface area contributed by atoms with Crippen molar-refractivity contribution >= 4 is 17.3 Å². The van der Waals surface area contributed by atoms with E-state index >= 15 is 0 Å². The van der Waals surface area contributed by atoms with Gasteiger partial charge in [0.25, 0.3) is 0 Å². The molecule has 0 bridgehead atoms. The molecule has 2 atom stereocenters. The average Bonchev–Trinajstić information content (AvgIpc) is 2.97. The summed E-state index contributed by atoms with van der Waals surface area (Å²) in [6.07, 6.45) is 1.96. The molecule has 1 aromatic carbocycles. The molecule has 21 heavy (non-hydrogen) atoms. The number of carbonyl (C=O) groups is 1. The van der Waals surface area contributed by atoms with Crippen LogP contribution in [-0.2, 0) is 4.74 Å². The van der Waals surface area contributed by atoms with Gasteiger partial charge in [-0.2, -0.15) is 0 Å². The normalized spacial score (nSPS) is 20.5. The summed E-state index contributed by atoms with van der Waals surface area (Å²) in [7, 11) is 0. The van der Waals surface area contributed by atoms with Crippen molar-refractivity contribution in [2.24, 2.45) is 5.73 Å². The summed E-state index contributed by atoms with van der Waals surface area (Å²) in [5.41, 5.74) is 7.20. The van der Waals surface area contributed by atoms with E-state index in [0.717, 1.165) is 16.3 Å². The van der Waals surface area contributed by atoms with E-state index in [-0.39, 0.29) is 18.1 Å². The summed E-state index contributed by atoms with van der Waals surface area (Å²) in [4.78, 5) is 16.5. The van der Waals surface area contributed by atoms with Gasteiger partial charge in [0.2, 0.25) is 0 Å². The lowest BCUT2D eigenvalue weighted by atomic mass is 9.97. The number of nitrogens with zero attached hydrogens (tertiary/aromatic N) is 1. The topological polar surface area (TPSA) is 74.4 Å². The summed E-state index contributed by atoms with van der Waals surface area (Å²) >= 11 is 1.30. The maximum atomic E-state index is 11.7. The molecule has 0 radical (unpaired) electrons. The zero-order valence-electron chi connectivity index (χ0n) is 11.6. The van der Waals surface area contributed by atoms with Crippen LogP contribution in [0, 0.1) is 0 Å². The number of aromatic nitrogens is 1. The molecule has 110 valence electrons. The zero-order chi connectivity index (χ0) is 14.8. The second-order valence-corrected chi connectivity index (χ2v) is 5.83. The number of carbonyl (C=O) groups excluding carboxylic acids is 1. The maximum Gasteiger partial charge on any atom is 0.349 e. The van der Waals surface area contributed by atoms with Crippen LogP contribution in [0.3, 0.4) is 0 Å². The van der Waals surface area contributed by atoms with Crippen LogP contribution in [0.25, 0.3) is 0 Å². The van der Waals surface area contributed by atoms with Crippen molar-refractivity contribution < 1.29 is 14.3 Å². The second kappa shape index (κ2) is 5.83. The van der Waals surface area contributed by atoms with E-state index in [9.17, 15) is 4.79 Å². The molecular formula is C15H16N2O3S.